The van der Waals surface area contributed by atoms with Crippen molar-refractivity contribution in [1.29, 1.82) is 0 Å². The lowest BCUT2D eigenvalue weighted by atomic mass is 9.91. The number of pyridine rings is 1. The van der Waals surface area contributed by atoms with Crippen LogP contribution in [0.2, 0.25) is 0 Å². The molecule has 0 saturated heterocycles. The third-order valence-electron chi connectivity index (χ3n) is 3.61. The second kappa shape index (κ2) is 6.41. The lowest BCUT2D eigenvalue weighted by molar-refractivity contribution is -0.150. The summed E-state index contributed by atoms with van der Waals surface area (Å²) in [7, 11) is 1.57. The second-order valence-electron chi connectivity index (χ2n) is 5.01. The summed E-state index contributed by atoms with van der Waals surface area (Å²) in [5.74, 6) is -0.459. The maximum atomic E-state index is 11.9. The monoisotopic (exact) mass is 295 g/mol. The highest BCUT2D eigenvalue weighted by Gasteiger charge is 2.20. The van der Waals surface area contributed by atoms with E-state index in [1.807, 2.05) is 42.6 Å². The number of aromatic amines is 1. The molecule has 2 N–H and O–H groups in total. The van der Waals surface area contributed by atoms with Gasteiger partial charge in [-0.05, 0) is 35.2 Å². The number of fused-ring (bicyclic) bond motifs is 1. The van der Waals surface area contributed by atoms with Crippen LogP contribution in [-0.2, 0) is 9.63 Å². The molecular formula is C17H17N3O2. The molecule has 5 heteroatoms. The molecular weight excluding hydrogens is 278 g/mol. The zero-order valence-electron chi connectivity index (χ0n) is 12.2. The highest BCUT2D eigenvalue weighted by Crippen LogP contribution is 2.29. The van der Waals surface area contributed by atoms with Crippen molar-refractivity contribution in [2.24, 2.45) is 0 Å². The van der Waals surface area contributed by atoms with Crippen LogP contribution >= 0.6 is 0 Å². The Morgan fingerprint density at radius 3 is 3.00 bits per heavy atom. The minimum absolute atomic E-state index is 0.144. The van der Waals surface area contributed by atoms with Crippen molar-refractivity contribution < 1.29 is 9.63 Å². The molecule has 1 aromatic carbocycles. The molecule has 0 fully saturated rings. The third-order valence-corrected chi connectivity index (χ3v) is 3.61. The van der Waals surface area contributed by atoms with Crippen LogP contribution in [-0.4, -0.2) is 23.0 Å². The number of benzene rings is 1. The molecule has 0 aliphatic heterocycles. The first-order chi connectivity index (χ1) is 10.8. The summed E-state index contributed by atoms with van der Waals surface area (Å²) in [6, 6.07) is 13.9. The Kier molecular flexibility index (Phi) is 4.16. The fraction of sp³-hybridized carbons (Fsp3) is 0.176. The average Bonchev–Trinajstić information content (AvgIpc) is 3.01. The number of hydrogen-bond donors (Lipinski definition) is 2. The summed E-state index contributed by atoms with van der Waals surface area (Å²) in [5.41, 5.74) is 5.35. The van der Waals surface area contributed by atoms with Crippen molar-refractivity contribution in [3.63, 3.8) is 0 Å². The van der Waals surface area contributed by atoms with Crippen LogP contribution < -0.4 is 5.48 Å². The zero-order valence-corrected chi connectivity index (χ0v) is 12.2. The van der Waals surface area contributed by atoms with Gasteiger partial charge in [0.15, 0.2) is 0 Å². The summed E-state index contributed by atoms with van der Waals surface area (Å²) in [5, 5.41) is 1.14. The smallest absolute Gasteiger partial charge is 0.325 e. The van der Waals surface area contributed by atoms with Crippen LogP contribution in [0.1, 0.15) is 23.6 Å². The molecule has 22 heavy (non-hydrogen) atoms. The van der Waals surface area contributed by atoms with Crippen LogP contribution in [0, 0.1) is 0 Å². The van der Waals surface area contributed by atoms with E-state index in [0.29, 0.717) is 0 Å². The van der Waals surface area contributed by atoms with Crippen LogP contribution in [0.15, 0.2) is 54.9 Å². The van der Waals surface area contributed by atoms with E-state index in [1.54, 1.807) is 13.2 Å². The van der Waals surface area contributed by atoms with Crippen LogP contribution in [0.25, 0.3) is 10.9 Å². The van der Waals surface area contributed by atoms with Gasteiger partial charge in [0.1, 0.15) is 0 Å². The molecule has 5 nitrogen and oxygen atoms in total. The van der Waals surface area contributed by atoms with Crippen molar-refractivity contribution in [3.8, 4) is 0 Å². The van der Waals surface area contributed by atoms with E-state index < -0.39 is 0 Å². The molecule has 0 spiro atoms. The summed E-state index contributed by atoms with van der Waals surface area (Å²) < 4.78 is 0. The maximum Gasteiger partial charge on any atom is 0.325 e. The van der Waals surface area contributed by atoms with E-state index in [0.717, 1.165) is 22.2 Å². The molecule has 0 amide bonds. The summed E-state index contributed by atoms with van der Waals surface area (Å²) >= 11 is 0. The number of aromatic nitrogens is 2. The normalized spacial score (nSPS) is 12.2. The molecule has 0 aliphatic rings. The van der Waals surface area contributed by atoms with E-state index in [2.05, 4.69) is 21.5 Å². The predicted octanol–water partition coefficient (Wildman–Crippen LogP) is 2.76. The van der Waals surface area contributed by atoms with Gasteiger partial charge in [0, 0.05) is 36.6 Å². The van der Waals surface area contributed by atoms with E-state index in [-0.39, 0.29) is 18.3 Å². The molecule has 0 radical (unpaired) electrons. The fourth-order valence-electron chi connectivity index (χ4n) is 2.58. The number of hydrogen-bond acceptors (Lipinski definition) is 4. The Morgan fingerprint density at radius 2 is 2.23 bits per heavy atom. The van der Waals surface area contributed by atoms with Crippen molar-refractivity contribution >= 4 is 16.9 Å². The first-order valence-corrected chi connectivity index (χ1v) is 7.12. The lowest BCUT2D eigenvalue weighted by Gasteiger charge is -2.16. The maximum absolute atomic E-state index is 11.9. The second-order valence-corrected chi connectivity index (χ2v) is 5.01. The summed E-state index contributed by atoms with van der Waals surface area (Å²) in [4.78, 5) is 24.4. The largest absolute Gasteiger partial charge is 0.371 e. The SMILES string of the molecule is CNOC(=O)CC(c1ccc2cc[nH]c2c1)c1ccccn1. The number of H-pyrrole nitrogens is 1. The van der Waals surface area contributed by atoms with Crippen LogP contribution in [0.5, 0.6) is 0 Å². The molecule has 0 saturated carbocycles. The van der Waals surface area contributed by atoms with Gasteiger partial charge >= 0.3 is 5.97 Å². The van der Waals surface area contributed by atoms with E-state index >= 15 is 0 Å². The number of carbonyl (C=O) groups is 1. The van der Waals surface area contributed by atoms with Crippen molar-refractivity contribution in [3.05, 3.63) is 66.1 Å². The first kappa shape index (κ1) is 14.3. The Labute approximate surface area is 128 Å². The minimum atomic E-state index is -0.315. The Morgan fingerprint density at radius 1 is 1.32 bits per heavy atom. The first-order valence-electron chi connectivity index (χ1n) is 7.12. The van der Waals surface area contributed by atoms with E-state index in [9.17, 15) is 4.79 Å². The molecule has 1 unspecified atom stereocenters. The quantitative estimate of drug-likeness (QED) is 0.710. The standard InChI is InChI=1S/C17H17N3O2/c1-18-22-17(21)11-14(15-4-2-3-8-19-15)13-6-5-12-7-9-20-16(12)10-13/h2-10,14,18,20H,11H2,1H3. The van der Waals surface area contributed by atoms with Crippen LogP contribution in [0.4, 0.5) is 0 Å². The molecule has 3 rings (SSSR count). The van der Waals surface area contributed by atoms with Gasteiger partial charge in [0.05, 0.1) is 6.42 Å². The number of nitrogens with zero attached hydrogens (tertiary/aromatic N) is 1. The van der Waals surface area contributed by atoms with Gasteiger partial charge in [-0.3, -0.25) is 9.78 Å². The van der Waals surface area contributed by atoms with Gasteiger partial charge in [-0.25, -0.2) is 0 Å². The van der Waals surface area contributed by atoms with Crippen molar-refractivity contribution in [2.45, 2.75) is 12.3 Å². The van der Waals surface area contributed by atoms with Gasteiger partial charge in [0.25, 0.3) is 0 Å². The summed E-state index contributed by atoms with van der Waals surface area (Å²) in [6.07, 6.45) is 3.86. The van der Waals surface area contributed by atoms with E-state index in [4.69, 9.17) is 4.84 Å². The highest BCUT2D eigenvalue weighted by molar-refractivity contribution is 5.80. The lowest BCUT2D eigenvalue weighted by Crippen LogP contribution is -2.18. The zero-order chi connectivity index (χ0) is 15.4. The van der Waals surface area contributed by atoms with Crippen molar-refractivity contribution in [1.82, 2.24) is 15.4 Å². The summed E-state index contributed by atoms with van der Waals surface area (Å²) in [6.45, 7) is 0. The highest BCUT2D eigenvalue weighted by atomic mass is 16.7. The Balaban J connectivity index is 1.98. The number of nitrogens with one attached hydrogen (secondary N) is 2. The van der Waals surface area contributed by atoms with Gasteiger partial charge in [-0.2, -0.15) is 5.48 Å². The number of rotatable bonds is 5. The molecule has 0 bridgehead atoms. The minimum Gasteiger partial charge on any atom is -0.371 e. The van der Waals surface area contributed by atoms with Crippen molar-refractivity contribution in [2.75, 3.05) is 7.05 Å². The number of hydroxylamine groups is 1. The average molecular weight is 295 g/mol. The number of carbonyl (C=O) groups excluding carboxylic acids is 1. The predicted molar refractivity (Wildman–Crippen MR) is 84.1 cm³/mol. The third kappa shape index (κ3) is 2.99. The molecule has 112 valence electrons. The molecule has 2 aromatic heterocycles. The van der Waals surface area contributed by atoms with Gasteiger partial charge in [-0.1, -0.05) is 18.2 Å². The molecule has 3 aromatic rings. The molecule has 0 aliphatic carbocycles. The molecule has 1 atom stereocenters. The Bertz CT molecular complexity index is 768. The topological polar surface area (TPSA) is 67.0 Å². The van der Waals surface area contributed by atoms with Crippen LogP contribution in [0.3, 0.4) is 0 Å². The van der Waals surface area contributed by atoms with Gasteiger partial charge in [-0.15, -0.1) is 0 Å². The molecule has 2 heterocycles. The van der Waals surface area contributed by atoms with Gasteiger partial charge < -0.3 is 9.82 Å². The fourth-order valence-corrected chi connectivity index (χ4v) is 2.58. The van der Waals surface area contributed by atoms with E-state index in [1.165, 1.54) is 0 Å². The Hall–Kier alpha value is -2.66. The van der Waals surface area contributed by atoms with Gasteiger partial charge in [0.2, 0.25) is 0 Å².